The van der Waals surface area contributed by atoms with E-state index in [1.54, 1.807) is 11.3 Å². The van der Waals surface area contributed by atoms with Crippen molar-refractivity contribution in [3.63, 3.8) is 0 Å². The lowest BCUT2D eigenvalue weighted by Gasteiger charge is -2.46. The number of hydrogen-bond donors (Lipinski definition) is 0. The molecule has 3 heterocycles. The SMILES string of the molecule is Cc1cccc2nc(N3CC(C4CS(=O)(=O)C4)C3)sc12. The minimum atomic E-state index is -2.69. The second-order valence-corrected chi connectivity index (χ2v) is 9.05. The maximum atomic E-state index is 11.2. The Bertz CT molecular complexity index is 764. The number of fused-ring (bicyclic) bond motifs is 1. The van der Waals surface area contributed by atoms with Crippen molar-refractivity contribution in [1.29, 1.82) is 0 Å². The Kier molecular flexibility index (Phi) is 2.63. The summed E-state index contributed by atoms with van der Waals surface area (Å²) in [7, 11) is -2.69. The van der Waals surface area contributed by atoms with Gasteiger partial charge in [-0.2, -0.15) is 0 Å². The quantitative estimate of drug-likeness (QED) is 0.852. The van der Waals surface area contributed by atoms with Crippen molar-refractivity contribution < 1.29 is 8.42 Å². The number of rotatable bonds is 2. The lowest BCUT2D eigenvalue weighted by atomic mass is 9.88. The Balaban J connectivity index is 1.48. The maximum absolute atomic E-state index is 11.2. The lowest BCUT2D eigenvalue weighted by molar-refractivity contribution is 0.295. The van der Waals surface area contributed by atoms with Crippen LogP contribution in [0.4, 0.5) is 5.13 Å². The van der Waals surface area contributed by atoms with Gasteiger partial charge in [0.25, 0.3) is 0 Å². The van der Waals surface area contributed by atoms with Crippen molar-refractivity contribution in [2.24, 2.45) is 11.8 Å². The number of aryl methyl sites for hydroxylation is 1. The van der Waals surface area contributed by atoms with Gasteiger partial charge in [-0.25, -0.2) is 13.4 Å². The van der Waals surface area contributed by atoms with E-state index in [1.165, 1.54) is 10.3 Å². The van der Waals surface area contributed by atoms with Gasteiger partial charge in [0, 0.05) is 13.1 Å². The van der Waals surface area contributed by atoms with Gasteiger partial charge in [-0.15, -0.1) is 0 Å². The van der Waals surface area contributed by atoms with Crippen LogP contribution < -0.4 is 4.90 Å². The Morgan fingerprint density at radius 2 is 2.00 bits per heavy atom. The minimum absolute atomic E-state index is 0.382. The van der Waals surface area contributed by atoms with Crippen molar-refractivity contribution in [3.8, 4) is 0 Å². The normalized spacial score (nSPS) is 22.8. The first-order valence-corrected chi connectivity index (χ1v) is 9.47. The summed E-state index contributed by atoms with van der Waals surface area (Å²) in [5.74, 6) is 1.70. The Morgan fingerprint density at radius 1 is 1.25 bits per heavy atom. The number of nitrogens with zero attached hydrogens (tertiary/aromatic N) is 2. The van der Waals surface area contributed by atoms with E-state index in [9.17, 15) is 8.42 Å². The molecule has 4 nitrogen and oxygen atoms in total. The fourth-order valence-electron chi connectivity index (χ4n) is 3.05. The van der Waals surface area contributed by atoms with Crippen LogP contribution in [0, 0.1) is 18.8 Å². The summed E-state index contributed by atoms with van der Waals surface area (Å²) in [6.07, 6.45) is 0. The molecule has 6 heteroatoms. The van der Waals surface area contributed by atoms with Crippen LogP contribution >= 0.6 is 11.3 Å². The monoisotopic (exact) mass is 308 g/mol. The second kappa shape index (κ2) is 4.18. The predicted molar refractivity (Wildman–Crippen MR) is 82.2 cm³/mol. The average molecular weight is 308 g/mol. The first-order chi connectivity index (χ1) is 9.52. The van der Waals surface area contributed by atoms with E-state index in [0.717, 1.165) is 23.7 Å². The summed E-state index contributed by atoms with van der Waals surface area (Å²) in [6, 6.07) is 6.21. The molecular formula is C14H16N2O2S2. The second-order valence-electron chi connectivity index (χ2n) is 5.92. The fourth-order valence-corrected chi connectivity index (χ4v) is 5.86. The molecule has 4 rings (SSSR count). The molecule has 0 unspecified atom stereocenters. The summed E-state index contributed by atoms with van der Waals surface area (Å²) in [5.41, 5.74) is 2.34. The minimum Gasteiger partial charge on any atom is -0.347 e. The predicted octanol–water partition coefficient (Wildman–Crippen LogP) is 2.09. The number of thiazole rings is 1. The van der Waals surface area contributed by atoms with E-state index in [-0.39, 0.29) is 0 Å². The number of benzene rings is 1. The first-order valence-electron chi connectivity index (χ1n) is 6.83. The molecule has 1 aromatic carbocycles. The Hall–Kier alpha value is -1.14. The topological polar surface area (TPSA) is 50.3 Å². The molecule has 0 amide bonds. The van der Waals surface area contributed by atoms with Crippen LogP contribution in [0.25, 0.3) is 10.2 Å². The lowest BCUT2D eigenvalue weighted by Crippen LogP contribution is -2.56. The van der Waals surface area contributed by atoms with E-state index in [2.05, 4.69) is 28.9 Å². The van der Waals surface area contributed by atoms with Gasteiger partial charge in [0.05, 0.1) is 21.7 Å². The molecule has 0 atom stereocenters. The standard InChI is InChI=1S/C14H16N2O2S2/c1-9-3-2-4-12-13(9)19-14(15-12)16-5-10(6-16)11-7-20(17,18)8-11/h2-4,10-11H,5-8H2,1H3. The fraction of sp³-hybridized carbons (Fsp3) is 0.500. The van der Waals surface area contributed by atoms with Crippen molar-refractivity contribution in [2.45, 2.75) is 6.92 Å². The summed E-state index contributed by atoms with van der Waals surface area (Å²) in [4.78, 5) is 6.97. The van der Waals surface area contributed by atoms with Gasteiger partial charge in [0.2, 0.25) is 0 Å². The average Bonchev–Trinajstić information content (AvgIpc) is 2.69. The van der Waals surface area contributed by atoms with E-state index < -0.39 is 9.84 Å². The third-order valence-corrected chi connectivity index (χ3v) is 7.52. The molecule has 1 aromatic heterocycles. The van der Waals surface area contributed by atoms with Crippen molar-refractivity contribution in [3.05, 3.63) is 23.8 Å². The first kappa shape index (κ1) is 12.6. The molecule has 106 valence electrons. The smallest absolute Gasteiger partial charge is 0.186 e. The van der Waals surface area contributed by atoms with Crippen LogP contribution in [0.2, 0.25) is 0 Å². The summed E-state index contributed by atoms with van der Waals surface area (Å²) in [6.45, 7) is 4.03. The van der Waals surface area contributed by atoms with Gasteiger partial charge in [0.15, 0.2) is 15.0 Å². The summed E-state index contributed by atoms with van der Waals surface area (Å²) in [5, 5.41) is 1.08. The number of anilines is 1. The number of sulfone groups is 1. The van der Waals surface area contributed by atoms with Gasteiger partial charge < -0.3 is 4.90 Å². The molecule has 0 aliphatic carbocycles. The van der Waals surface area contributed by atoms with Crippen LogP contribution in [0.5, 0.6) is 0 Å². The highest BCUT2D eigenvalue weighted by Crippen LogP contribution is 2.38. The van der Waals surface area contributed by atoms with Gasteiger partial charge in [-0.05, 0) is 30.4 Å². The third-order valence-electron chi connectivity index (χ3n) is 4.38. The molecule has 2 aliphatic heterocycles. The molecule has 0 spiro atoms. The summed E-state index contributed by atoms with van der Waals surface area (Å²) < 4.78 is 23.7. The molecular weight excluding hydrogens is 292 g/mol. The zero-order valence-electron chi connectivity index (χ0n) is 11.2. The van der Waals surface area contributed by atoms with Gasteiger partial charge in [-0.1, -0.05) is 23.5 Å². The van der Waals surface area contributed by atoms with Crippen LogP contribution in [0.3, 0.4) is 0 Å². The zero-order valence-corrected chi connectivity index (χ0v) is 12.9. The molecule has 0 N–H and O–H groups in total. The highest BCUT2D eigenvalue weighted by Gasteiger charge is 2.44. The Labute approximate surface area is 122 Å². The zero-order chi connectivity index (χ0) is 13.9. The highest BCUT2D eigenvalue weighted by molar-refractivity contribution is 7.92. The molecule has 0 saturated carbocycles. The van der Waals surface area contributed by atoms with Gasteiger partial charge >= 0.3 is 0 Å². The largest absolute Gasteiger partial charge is 0.347 e. The molecule has 2 aromatic rings. The van der Waals surface area contributed by atoms with Gasteiger partial charge in [-0.3, -0.25) is 0 Å². The number of aromatic nitrogens is 1. The maximum Gasteiger partial charge on any atom is 0.186 e. The van der Waals surface area contributed by atoms with Crippen molar-refractivity contribution in [1.82, 2.24) is 4.98 Å². The van der Waals surface area contributed by atoms with E-state index in [1.807, 2.05) is 6.07 Å². The van der Waals surface area contributed by atoms with Crippen molar-refractivity contribution in [2.75, 3.05) is 29.5 Å². The molecule has 2 saturated heterocycles. The molecule has 2 fully saturated rings. The van der Waals surface area contributed by atoms with Gasteiger partial charge in [0.1, 0.15) is 0 Å². The molecule has 0 bridgehead atoms. The van der Waals surface area contributed by atoms with E-state index in [0.29, 0.717) is 23.3 Å². The molecule has 2 aliphatic rings. The van der Waals surface area contributed by atoms with Crippen LogP contribution in [0.1, 0.15) is 5.56 Å². The number of hydrogen-bond acceptors (Lipinski definition) is 5. The highest BCUT2D eigenvalue weighted by atomic mass is 32.2. The van der Waals surface area contributed by atoms with Crippen molar-refractivity contribution >= 4 is 36.5 Å². The summed E-state index contributed by atoms with van der Waals surface area (Å²) >= 11 is 1.74. The van der Waals surface area contributed by atoms with Crippen LogP contribution in [0.15, 0.2) is 18.2 Å². The van der Waals surface area contributed by atoms with E-state index >= 15 is 0 Å². The third kappa shape index (κ3) is 1.93. The molecule has 20 heavy (non-hydrogen) atoms. The van der Waals surface area contributed by atoms with Crippen LogP contribution in [-0.2, 0) is 9.84 Å². The van der Waals surface area contributed by atoms with Crippen LogP contribution in [-0.4, -0.2) is 38.0 Å². The van der Waals surface area contributed by atoms with E-state index in [4.69, 9.17) is 0 Å². The molecule has 0 radical (unpaired) electrons. The Morgan fingerprint density at radius 3 is 2.65 bits per heavy atom.